The molecule has 0 atom stereocenters. The first-order valence-electron chi connectivity index (χ1n) is 14.0. The molecular formula is C31H34F12O7Zr. The predicted molar refractivity (Wildman–Crippen MR) is 151 cm³/mol. The molecule has 0 aromatic heterocycles. The molecule has 0 aliphatic heterocycles. The van der Waals surface area contributed by atoms with Crippen LogP contribution in [0, 0.1) is 69.8 Å². The van der Waals surface area contributed by atoms with Gasteiger partial charge in [0.2, 0.25) is 0 Å². The van der Waals surface area contributed by atoms with E-state index in [1.54, 1.807) is 0 Å². The van der Waals surface area contributed by atoms with Crippen LogP contribution in [-0.2, 0) is 80.1 Å². The summed E-state index contributed by atoms with van der Waals surface area (Å²) in [6.07, 6.45) is 2.04. The van der Waals surface area contributed by atoms with Crippen molar-refractivity contribution in [3.8, 4) is 0 Å². The molecule has 0 amide bonds. The van der Waals surface area contributed by atoms with Crippen LogP contribution >= 0.6 is 0 Å². The summed E-state index contributed by atoms with van der Waals surface area (Å²) in [5.74, 6) is -18.8. The Morgan fingerprint density at radius 2 is 0.549 bits per heavy atom. The van der Waals surface area contributed by atoms with Crippen LogP contribution in [0.3, 0.4) is 0 Å². The third kappa shape index (κ3) is 13.1. The zero-order chi connectivity index (χ0) is 38.9. The first-order valence-corrected chi connectivity index (χ1v) is 14.0. The average molecular weight is 838 g/mol. The van der Waals surface area contributed by atoms with Gasteiger partial charge in [-0.25, -0.2) is 52.7 Å². The van der Waals surface area contributed by atoms with E-state index in [1.165, 1.54) is 0 Å². The number of aliphatic hydroxyl groups excluding tert-OH is 4. The van der Waals surface area contributed by atoms with Gasteiger partial charge in [0, 0.05) is 54.1 Å². The maximum Gasteiger partial charge on any atom is 0.167 e. The van der Waals surface area contributed by atoms with Crippen LogP contribution in [0.25, 0.3) is 0 Å². The number of hydrogen-bond donors (Lipinski definition) is 4. The second-order valence-electron chi connectivity index (χ2n) is 9.49. The van der Waals surface area contributed by atoms with Crippen LogP contribution in [0.1, 0.15) is 53.1 Å². The van der Waals surface area contributed by atoms with E-state index < -0.39 is 143 Å². The van der Waals surface area contributed by atoms with E-state index in [0.29, 0.717) is 6.61 Å². The number of unbranched alkanes of at least 4 members (excludes halogenated alkanes) is 1. The Balaban J connectivity index is 0. The SMILES string of the molecule is CCCCO.COCc1c(F)c(F)c(CO)c(F)c1F.COCc1c(F)c(F)c(CO)c(F)c1F.COCc1c(F)c(F)c(CO)c(F)c1F.[Zr]. The van der Waals surface area contributed by atoms with Crippen molar-refractivity contribution in [1.82, 2.24) is 0 Å². The molecule has 288 valence electrons. The maximum atomic E-state index is 13.1. The maximum absolute atomic E-state index is 13.1. The minimum Gasteiger partial charge on any atom is -0.396 e. The van der Waals surface area contributed by atoms with Gasteiger partial charge in [0.15, 0.2) is 69.8 Å². The van der Waals surface area contributed by atoms with Gasteiger partial charge in [-0.3, -0.25) is 0 Å². The van der Waals surface area contributed by atoms with Crippen molar-refractivity contribution in [3.63, 3.8) is 0 Å². The topological polar surface area (TPSA) is 109 Å². The van der Waals surface area contributed by atoms with E-state index in [1.807, 2.05) is 0 Å². The number of aliphatic hydroxyl groups is 4. The van der Waals surface area contributed by atoms with Gasteiger partial charge >= 0.3 is 0 Å². The summed E-state index contributed by atoms with van der Waals surface area (Å²) in [6, 6.07) is 0. The fourth-order valence-corrected chi connectivity index (χ4v) is 3.56. The minimum atomic E-state index is -1.59. The smallest absolute Gasteiger partial charge is 0.167 e. The third-order valence-electron chi connectivity index (χ3n) is 6.19. The molecule has 0 aliphatic carbocycles. The Morgan fingerprint density at radius 3 is 0.647 bits per heavy atom. The molecule has 0 saturated heterocycles. The van der Waals surface area contributed by atoms with Gasteiger partial charge in [-0.1, -0.05) is 13.3 Å². The van der Waals surface area contributed by atoms with Crippen molar-refractivity contribution in [3.05, 3.63) is 103 Å². The summed E-state index contributed by atoms with van der Waals surface area (Å²) in [5.41, 5.74) is -5.56. The number of rotatable bonds is 11. The Kier molecular flexibility index (Phi) is 25.2. The van der Waals surface area contributed by atoms with Gasteiger partial charge in [-0.15, -0.1) is 0 Å². The van der Waals surface area contributed by atoms with Crippen LogP contribution in [0.15, 0.2) is 0 Å². The standard InChI is InChI=1S/3C9H8F4O2.C4H10O.Zr/c3*1-15-3-5-8(12)6(10)4(2-14)7(11)9(5)13;1-2-3-4-5;/h3*14H,2-3H2,1H3;5H,2-4H2,1H3;. The van der Waals surface area contributed by atoms with Crippen LogP contribution < -0.4 is 0 Å². The molecule has 0 aliphatic rings. The molecule has 0 saturated carbocycles. The number of ether oxygens (including phenoxy) is 3. The fraction of sp³-hybridized carbons (Fsp3) is 0.419. The van der Waals surface area contributed by atoms with Gasteiger partial charge in [-0.2, -0.15) is 0 Å². The van der Waals surface area contributed by atoms with E-state index in [4.69, 9.17) is 20.4 Å². The molecule has 0 bridgehead atoms. The Morgan fingerprint density at radius 1 is 0.373 bits per heavy atom. The van der Waals surface area contributed by atoms with E-state index in [0.717, 1.165) is 34.2 Å². The Labute approximate surface area is 303 Å². The largest absolute Gasteiger partial charge is 0.396 e. The second-order valence-corrected chi connectivity index (χ2v) is 9.49. The molecule has 51 heavy (non-hydrogen) atoms. The molecule has 3 aromatic carbocycles. The minimum absolute atomic E-state index is 0. The zero-order valence-electron chi connectivity index (χ0n) is 27.4. The van der Waals surface area contributed by atoms with Crippen molar-refractivity contribution in [2.75, 3.05) is 27.9 Å². The first-order chi connectivity index (χ1) is 23.5. The van der Waals surface area contributed by atoms with Crippen molar-refractivity contribution >= 4 is 0 Å². The van der Waals surface area contributed by atoms with Crippen molar-refractivity contribution in [1.29, 1.82) is 0 Å². The fourth-order valence-electron chi connectivity index (χ4n) is 3.56. The van der Waals surface area contributed by atoms with Crippen LogP contribution in [0.4, 0.5) is 52.7 Å². The van der Waals surface area contributed by atoms with Crippen LogP contribution in [0.5, 0.6) is 0 Å². The molecule has 3 rings (SSSR count). The molecule has 0 fully saturated rings. The van der Waals surface area contributed by atoms with Crippen molar-refractivity contribution in [2.24, 2.45) is 0 Å². The number of halogens is 12. The van der Waals surface area contributed by atoms with Crippen molar-refractivity contribution in [2.45, 2.75) is 59.4 Å². The number of methoxy groups -OCH3 is 3. The van der Waals surface area contributed by atoms with Gasteiger partial charge in [0.1, 0.15) is 0 Å². The summed E-state index contributed by atoms with van der Waals surface area (Å²) in [7, 11) is 3.40. The summed E-state index contributed by atoms with van der Waals surface area (Å²) in [4.78, 5) is 0. The summed E-state index contributed by atoms with van der Waals surface area (Å²) < 4.78 is 170. The van der Waals surface area contributed by atoms with Gasteiger partial charge in [0.05, 0.1) is 73.0 Å². The normalized spacial score (nSPS) is 10.4. The molecule has 3 aromatic rings. The summed E-state index contributed by atoms with van der Waals surface area (Å²) in [5, 5.41) is 33.6. The van der Waals surface area contributed by atoms with Gasteiger partial charge < -0.3 is 34.6 Å². The molecule has 4 N–H and O–H groups in total. The van der Waals surface area contributed by atoms with E-state index in [2.05, 4.69) is 21.1 Å². The Hall–Kier alpha value is -2.58. The molecule has 0 unspecified atom stereocenters. The molecule has 0 spiro atoms. The number of hydrogen-bond acceptors (Lipinski definition) is 7. The molecule has 7 nitrogen and oxygen atoms in total. The quantitative estimate of drug-likeness (QED) is 0.131. The van der Waals surface area contributed by atoms with Gasteiger partial charge in [-0.05, 0) is 6.42 Å². The van der Waals surface area contributed by atoms with E-state index >= 15 is 0 Å². The predicted octanol–water partition coefficient (Wildman–Crippen LogP) is 6.42. The number of benzene rings is 3. The zero-order valence-corrected chi connectivity index (χ0v) is 29.9. The monoisotopic (exact) mass is 836 g/mol. The molecule has 20 heteroatoms. The molecule has 0 heterocycles. The molecular weight excluding hydrogens is 804 g/mol. The van der Waals surface area contributed by atoms with Crippen LogP contribution in [0.2, 0.25) is 0 Å². The second kappa shape index (κ2) is 25.4. The molecule has 0 radical (unpaired) electrons. The van der Waals surface area contributed by atoms with E-state index in [9.17, 15) is 52.7 Å². The average Bonchev–Trinajstić information content (AvgIpc) is 3.10. The Bertz CT molecular complexity index is 1280. The third-order valence-corrected chi connectivity index (χ3v) is 6.19. The first kappa shape index (κ1) is 50.5. The summed E-state index contributed by atoms with van der Waals surface area (Å²) in [6.45, 7) is -2.70. The van der Waals surface area contributed by atoms with E-state index in [-0.39, 0.29) is 26.2 Å². The van der Waals surface area contributed by atoms with Crippen molar-refractivity contribution < 1.29 is 114 Å². The summed E-state index contributed by atoms with van der Waals surface area (Å²) >= 11 is 0. The van der Waals surface area contributed by atoms with Gasteiger partial charge in [0.25, 0.3) is 0 Å². The van der Waals surface area contributed by atoms with Crippen LogP contribution in [-0.4, -0.2) is 48.4 Å².